The zero-order chi connectivity index (χ0) is 13.7. The second-order valence-electron chi connectivity index (χ2n) is 4.76. The Bertz CT molecular complexity index is 536. The summed E-state index contributed by atoms with van der Waals surface area (Å²) >= 11 is 6.17. The first kappa shape index (κ1) is 14.0. The van der Waals surface area contributed by atoms with Crippen molar-refractivity contribution in [2.75, 3.05) is 13.0 Å². The zero-order valence-corrected chi connectivity index (χ0v) is 12.2. The molecule has 0 aliphatic carbocycles. The van der Waals surface area contributed by atoms with Crippen molar-refractivity contribution >= 4 is 11.6 Å². The predicted octanol–water partition coefficient (Wildman–Crippen LogP) is 4.57. The minimum atomic E-state index is 0.343. The quantitative estimate of drug-likeness (QED) is 0.726. The molecular formula is C17H19ClO. The van der Waals surface area contributed by atoms with Gasteiger partial charge in [-0.25, -0.2) is 0 Å². The number of ether oxygens (including phenoxy) is 1. The van der Waals surface area contributed by atoms with Crippen LogP contribution in [-0.4, -0.2) is 13.0 Å². The van der Waals surface area contributed by atoms with Crippen molar-refractivity contribution in [3.63, 3.8) is 0 Å². The van der Waals surface area contributed by atoms with Crippen LogP contribution in [0, 0.1) is 6.92 Å². The van der Waals surface area contributed by atoms with Gasteiger partial charge in [0.25, 0.3) is 0 Å². The summed E-state index contributed by atoms with van der Waals surface area (Å²) in [5.74, 6) is 1.87. The lowest BCUT2D eigenvalue weighted by molar-refractivity contribution is 0.414. The number of hydrogen-bond donors (Lipinski definition) is 0. The molecule has 0 saturated carbocycles. The SMILES string of the molecule is COc1cccc(CC(CCl)c2ccccc2C)c1. The number of alkyl halides is 1. The largest absolute Gasteiger partial charge is 0.497 e. The predicted molar refractivity (Wildman–Crippen MR) is 81.3 cm³/mol. The smallest absolute Gasteiger partial charge is 0.119 e. The Kier molecular flexibility index (Phi) is 4.86. The first-order chi connectivity index (χ1) is 9.24. The van der Waals surface area contributed by atoms with Crippen LogP contribution in [0.2, 0.25) is 0 Å². The summed E-state index contributed by atoms with van der Waals surface area (Å²) in [6, 6.07) is 16.6. The van der Waals surface area contributed by atoms with Crippen LogP contribution >= 0.6 is 11.6 Å². The van der Waals surface area contributed by atoms with Crippen LogP contribution in [0.4, 0.5) is 0 Å². The van der Waals surface area contributed by atoms with E-state index in [9.17, 15) is 0 Å². The minimum absolute atomic E-state index is 0.343. The van der Waals surface area contributed by atoms with E-state index in [0.29, 0.717) is 11.8 Å². The summed E-state index contributed by atoms with van der Waals surface area (Å²) in [4.78, 5) is 0. The molecule has 0 saturated heterocycles. The maximum atomic E-state index is 6.17. The van der Waals surface area contributed by atoms with Crippen LogP contribution < -0.4 is 4.74 Å². The first-order valence-corrected chi connectivity index (χ1v) is 7.02. The van der Waals surface area contributed by atoms with Crippen LogP contribution in [0.5, 0.6) is 5.75 Å². The summed E-state index contributed by atoms with van der Waals surface area (Å²) in [5.41, 5.74) is 3.89. The third-order valence-electron chi connectivity index (χ3n) is 3.43. The lowest BCUT2D eigenvalue weighted by Gasteiger charge is -2.17. The second kappa shape index (κ2) is 6.63. The van der Waals surface area contributed by atoms with Gasteiger partial charge >= 0.3 is 0 Å². The molecule has 2 heteroatoms. The molecule has 0 spiro atoms. The van der Waals surface area contributed by atoms with Crippen molar-refractivity contribution in [1.82, 2.24) is 0 Å². The highest BCUT2D eigenvalue weighted by Crippen LogP contribution is 2.26. The molecule has 1 unspecified atom stereocenters. The van der Waals surface area contributed by atoms with E-state index in [1.54, 1.807) is 7.11 Å². The average molecular weight is 275 g/mol. The van der Waals surface area contributed by atoms with E-state index in [0.717, 1.165) is 12.2 Å². The van der Waals surface area contributed by atoms with Gasteiger partial charge in [0.1, 0.15) is 5.75 Å². The van der Waals surface area contributed by atoms with Gasteiger partial charge in [0.15, 0.2) is 0 Å². The lowest BCUT2D eigenvalue weighted by Crippen LogP contribution is -2.06. The molecule has 2 aromatic rings. The van der Waals surface area contributed by atoms with E-state index in [2.05, 4.69) is 43.3 Å². The Morgan fingerprint density at radius 1 is 1.11 bits per heavy atom. The molecule has 2 rings (SSSR count). The fraction of sp³-hybridized carbons (Fsp3) is 0.294. The van der Waals surface area contributed by atoms with Crippen LogP contribution in [0.25, 0.3) is 0 Å². The normalized spacial score (nSPS) is 12.2. The molecule has 0 aromatic heterocycles. The molecule has 100 valence electrons. The summed E-state index contributed by atoms with van der Waals surface area (Å²) < 4.78 is 5.27. The van der Waals surface area contributed by atoms with Gasteiger partial charge in [-0.05, 0) is 42.2 Å². The first-order valence-electron chi connectivity index (χ1n) is 6.49. The zero-order valence-electron chi connectivity index (χ0n) is 11.4. The Morgan fingerprint density at radius 3 is 2.58 bits per heavy atom. The number of benzene rings is 2. The van der Waals surface area contributed by atoms with Gasteiger partial charge in [0.2, 0.25) is 0 Å². The van der Waals surface area contributed by atoms with Gasteiger partial charge in [-0.2, -0.15) is 0 Å². The Hall–Kier alpha value is -1.47. The summed E-state index contributed by atoms with van der Waals surface area (Å²) in [6.45, 7) is 2.14. The fourth-order valence-corrected chi connectivity index (χ4v) is 2.65. The molecule has 0 N–H and O–H groups in total. The van der Waals surface area contributed by atoms with Crippen molar-refractivity contribution in [3.05, 3.63) is 65.2 Å². The maximum Gasteiger partial charge on any atom is 0.119 e. The van der Waals surface area contributed by atoms with Gasteiger partial charge in [0.05, 0.1) is 7.11 Å². The number of halogens is 1. The van der Waals surface area contributed by atoms with E-state index >= 15 is 0 Å². The van der Waals surface area contributed by atoms with Gasteiger partial charge in [-0.1, -0.05) is 36.4 Å². The van der Waals surface area contributed by atoms with Crippen LogP contribution in [0.3, 0.4) is 0 Å². The van der Waals surface area contributed by atoms with E-state index < -0.39 is 0 Å². The molecule has 0 aliphatic rings. The lowest BCUT2D eigenvalue weighted by atomic mass is 9.90. The van der Waals surface area contributed by atoms with E-state index in [4.69, 9.17) is 16.3 Å². The van der Waals surface area contributed by atoms with Crippen molar-refractivity contribution in [3.8, 4) is 5.75 Å². The van der Waals surface area contributed by atoms with E-state index in [1.165, 1.54) is 16.7 Å². The van der Waals surface area contributed by atoms with Crippen molar-refractivity contribution in [2.45, 2.75) is 19.3 Å². The van der Waals surface area contributed by atoms with E-state index in [1.807, 2.05) is 12.1 Å². The van der Waals surface area contributed by atoms with Gasteiger partial charge < -0.3 is 4.74 Å². The molecule has 2 aromatic carbocycles. The molecule has 0 amide bonds. The number of aryl methyl sites for hydroxylation is 1. The highest BCUT2D eigenvalue weighted by molar-refractivity contribution is 6.18. The Labute approximate surface area is 120 Å². The third kappa shape index (κ3) is 3.51. The molecule has 19 heavy (non-hydrogen) atoms. The van der Waals surface area contributed by atoms with Gasteiger partial charge in [0, 0.05) is 11.8 Å². The molecule has 1 nitrogen and oxygen atoms in total. The standard InChI is InChI=1S/C17H19ClO/c1-13-6-3-4-9-17(13)15(12-18)10-14-7-5-8-16(11-14)19-2/h3-9,11,15H,10,12H2,1-2H3. The van der Waals surface area contributed by atoms with Gasteiger partial charge in [-0.15, -0.1) is 11.6 Å². The number of methoxy groups -OCH3 is 1. The van der Waals surface area contributed by atoms with Crippen molar-refractivity contribution in [2.24, 2.45) is 0 Å². The monoisotopic (exact) mass is 274 g/mol. The fourth-order valence-electron chi connectivity index (χ4n) is 2.38. The highest BCUT2D eigenvalue weighted by Gasteiger charge is 2.13. The maximum absolute atomic E-state index is 6.17. The van der Waals surface area contributed by atoms with Crippen molar-refractivity contribution in [1.29, 1.82) is 0 Å². The number of hydrogen-bond acceptors (Lipinski definition) is 1. The molecule has 0 bridgehead atoms. The summed E-state index contributed by atoms with van der Waals surface area (Å²) in [6.07, 6.45) is 0.936. The Balaban J connectivity index is 2.21. The topological polar surface area (TPSA) is 9.23 Å². The van der Waals surface area contributed by atoms with Crippen molar-refractivity contribution < 1.29 is 4.74 Å². The van der Waals surface area contributed by atoms with E-state index in [-0.39, 0.29) is 0 Å². The molecule has 1 atom stereocenters. The minimum Gasteiger partial charge on any atom is -0.497 e. The van der Waals surface area contributed by atoms with Crippen LogP contribution in [0.15, 0.2) is 48.5 Å². The highest BCUT2D eigenvalue weighted by atomic mass is 35.5. The molecule has 0 fully saturated rings. The van der Waals surface area contributed by atoms with Gasteiger partial charge in [-0.3, -0.25) is 0 Å². The summed E-state index contributed by atoms with van der Waals surface area (Å²) in [7, 11) is 1.69. The molecule has 0 heterocycles. The van der Waals surface area contributed by atoms with Crippen LogP contribution in [0.1, 0.15) is 22.6 Å². The Morgan fingerprint density at radius 2 is 1.89 bits per heavy atom. The average Bonchev–Trinajstić information content (AvgIpc) is 2.46. The van der Waals surface area contributed by atoms with Crippen LogP contribution in [-0.2, 0) is 6.42 Å². The number of rotatable bonds is 5. The molecule has 0 aliphatic heterocycles. The second-order valence-corrected chi connectivity index (χ2v) is 5.07. The molecule has 0 radical (unpaired) electrons. The summed E-state index contributed by atoms with van der Waals surface area (Å²) in [5, 5.41) is 0. The molecular weight excluding hydrogens is 256 g/mol. The third-order valence-corrected chi connectivity index (χ3v) is 3.80.